The first kappa shape index (κ1) is 21.2. The third-order valence-corrected chi connectivity index (χ3v) is 4.96. The summed E-state index contributed by atoms with van der Waals surface area (Å²) in [5, 5.41) is 3.92. The Kier molecular flexibility index (Phi) is 7.34. The minimum absolute atomic E-state index is 0.385. The predicted octanol–water partition coefficient (Wildman–Crippen LogP) is 2.56. The van der Waals surface area contributed by atoms with Crippen LogP contribution in [0.25, 0.3) is 0 Å². The Morgan fingerprint density at radius 3 is 2.61 bits per heavy atom. The summed E-state index contributed by atoms with van der Waals surface area (Å²) in [5.74, 6) is 0.0977. The summed E-state index contributed by atoms with van der Waals surface area (Å²) in [7, 11) is -3.66. The van der Waals surface area contributed by atoms with E-state index in [1.165, 1.54) is 13.1 Å². The maximum Gasteiger partial charge on any atom is 0.263 e. The molecule has 0 spiro atoms. The number of carbonyl (C=O) groups is 1. The van der Waals surface area contributed by atoms with Crippen LogP contribution in [0.4, 0.5) is 5.69 Å². The van der Waals surface area contributed by atoms with Crippen molar-refractivity contribution >= 4 is 27.8 Å². The van der Waals surface area contributed by atoms with Gasteiger partial charge in [0.2, 0.25) is 10.0 Å². The third kappa shape index (κ3) is 5.95. The summed E-state index contributed by atoms with van der Waals surface area (Å²) in [5.41, 5.74) is 3.51. The fraction of sp³-hybridized carbons (Fsp3) is 0.200. The molecule has 148 valence electrons. The predicted molar refractivity (Wildman–Crippen MR) is 111 cm³/mol. The Morgan fingerprint density at radius 2 is 1.96 bits per heavy atom. The van der Waals surface area contributed by atoms with E-state index in [1.54, 1.807) is 60.7 Å². The molecule has 2 rings (SSSR count). The molecule has 1 amide bonds. The number of benzene rings is 2. The third-order valence-electron chi connectivity index (χ3n) is 3.71. The fourth-order valence-electron chi connectivity index (χ4n) is 2.49. The number of nitrogens with zero attached hydrogens (tertiary/aromatic N) is 2. The Hall–Kier alpha value is -3.13. The molecule has 0 fully saturated rings. The van der Waals surface area contributed by atoms with Crippen LogP contribution < -0.4 is 14.5 Å². The van der Waals surface area contributed by atoms with Crippen molar-refractivity contribution in [3.05, 3.63) is 72.8 Å². The molecule has 0 aromatic heterocycles. The molecule has 0 aliphatic carbocycles. The van der Waals surface area contributed by atoms with Crippen LogP contribution in [0.5, 0.6) is 5.75 Å². The van der Waals surface area contributed by atoms with Gasteiger partial charge < -0.3 is 4.74 Å². The van der Waals surface area contributed by atoms with E-state index in [0.29, 0.717) is 18.0 Å². The molecule has 7 nitrogen and oxygen atoms in total. The lowest BCUT2D eigenvalue weighted by Crippen LogP contribution is -2.46. The van der Waals surface area contributed by atoms with Gasteiger partial charge >= 0.3 is 0 Å². The summed E-state index contributed by atoms with van der Waals surface area (Å²) in [6, 6.07) is 14.6. The van der Waals surface area contributed by atoms with Crippen molar-refractivity contribution in [2.45, 2.75) is 13.0 Å². The molecule has 0 aliphatic rings. The second-order valence-electron chi connectivity index (χ2n) is 5.98. The summed E-state index contributed by atoms with van der Waals surface area (Å²) in [6.45, 7) is 5.48. The van der Waals surface area contributed by atoms with E-state index in [0.717, 1.165) is 16.1 Å². The van der Waals surface area contributed by atoms with Gasteiger partial charge in [0.1, 0.15) is 18.4 Å². The van der Waals surface area contributed by atoms with Crippen LogP contribution in [0.1, 0.15) is 12.5 Å². The normalized spacial score (nSPS) is 12.4. The number of ether oxygens (including phenoxy) is 1. The smallest absolute Gasteiger partial charge is 0.263 e. The second-order valence-corrected chi connectivity index (χ2v) is 7.84. The fourth-order valence-corrected chi connectivity index (χ4v) is 3.66. The highest BCUT2D eigenvalue weighted by molar-refractivity contribution is 7.92. The first-order chi connectivity index (χ1) is 13.3. The van der Waals surface area contributed by atoms with Crippen LogP contribution in [-0.2, 0) is 14.8 Å². The zero-order valence-corrected chi connectivity index (χ0v) is 16.6. The maximum atomic E-state index is 12.4. The van der Waals surface area contributed by atoms with Crippen molar-refractivity contribution in [3.8, 4) is 5.75 Å². The lowest BCUT2D eigenvalue weighted by atomic mass is 10.2. The number of hydrazone groups is 1. The lowest BCUT2D eigenvalue weighted by Gasteiger charge is -2.27. The van der Waals surface area contributed by atoms with Gasteiger partial charge in [-0.25, -0.2) is 13.8 Å². The number of sulfonamides is 1. The Balaban J connectivity index is 2.08. The SMILES string of the molecule is C=CCOc1cccc(/C=N\NC(=O)[C@@H](C)N(c2ccccc2)S(C)(=O)=O)c1. The number of nitrogens with one attached hydrogen (secondary N) is 1. The highest BCUT2D eigenvalue weighted by Gasteiger charge is 2.28. The maximum absolute atomic E-state index is 12.4. The van der Waals surface area contributed by atoms with Crippen LogP contribution in [0.3, 0.4) is 0 Å². The van der Waals surface area contributed by atoms with Crippen molar-refractivity contribution in [1.82, 2.24) is 5.43 Å². The molecule has 0 bridgehead atoms. The molecule has 0 aliphatic heterocycles. The largest absolute Gasteiger partial charge is 0.490 e. The highest BCUT2D eigenvalue weighted by atomic mass is 32.2. The van der Waals surface area contributed by atoms with Gasteiger partial charge in [0.15, 0.2) is 0 Å². The Labute approximate surface area is 165 Å². The molecule has 2 aromatic carbocycles. The molecule has 1 atom stereocenters. The molecular formula is C20H23N3O4S. The standard InChI is InChI=1S/C20H23N3O4S/c1-4-13-27-19-12-8-9-17(14-19)15-21-22-20(24)16(2)23(28(3,25)26)18-10-6-5-7-11-18/h4-12,14-16H,1,13H2,2-3H3,(H,22,24)/b21-15-/t16-/m1/s1. The first-order valence-electron chi connectivity index (χ1n) is 8.54. The van der Waals surface area contributed by atoms with E-state index in [2.05, 4.69) is 17.1 Å². The van der Waals surface area contributed by atoms with E-state index in [-0.39, 0.29) is 0 Å². The number of amides is 1. The van der Waals surface area contributed by atoms with Crippen LogP contribution in [0, 0.1) is 0 Å². The quantitative estimate of drug-likeness (QED) is 0.397. The van der Waals surface area contributed by atoms with Crippen molar-refractivity contribution in [1.29, 1.82) is 0 Å². The molecule has 0 unspecified atom stereocenters. The molecule has 28 heavy (non-hydrogen) atoms. The van der Waals surface area contributed by atoms with Crippen LogP contribution in [0.2, 0.25) is 0 Å². The number of para-hydroxylation sites is 1. The van der Waals surface area contributed by atoms with Gasteiger partial charge in [-0.15, -0.1) is 0 Å². The van der Waals surface area contributed by atoms with Crippen molar-refractivity contribution in [3.63, 3.8) is 0 Å². The second kappa shape index (κ2) is 9.70. The molecular weight excluding hydrogens is 378 g/mol. The molecule has 2 aromatic rings. The summed E-state index contributed by atoms with van der Waals surface area (Å²) >= 11 is 0. The first-order valence-corrected chi connectivity index (χ1v) is 10.4. The Morgan fingerprint density at radius 1 is 1.25 bits per heavy atom. The molecule has 8 heteroatoms. The van der Waals surface area contributed by atoms with E-state index in [1.807, 2.05) is 0 Å². The van der Waals surface area contributed by atoms with Crippen LogP contribution in [-0.4, -0.2) is 39.4 Å². The molecule has 0 radical (unpaired) electrons. The van der Waals surface area contributed by atoms with Gasteiger partial charge in [0.05, 0.1) is 18.2 Å². The minimum atomic E-state index is -3.66. The van der Waals surface area contributed by atoms with Gasteiger partial charge in [-0.2, -0.15) is 5.10 Å². The topological polar surface area (TPSA) is 88.1 Å². The Bertz CT molecular complexity index is 943. The van der Waals surface area contributed by atoms with E-state index >= 15 is 0 Å². The minimum Gasteiger partial charge on any atom is -0.490 e. The van der Waals surface area contributed by atoms with Crippen LogP contribution >= 0.6 is 0 Å². The number of rotatable bonds is 9. The number of hydrogen-bond acceptors (Lipinski definition) is 5. The molecule has 0 heterocycles. The van der Waals surface area contributed by atoms with E-state index < -0.39 is 22.0 Å². The highest BCUT2D eigenvalue weighted by Crippen LogP contribution is 2.20. The zero-order valence-electron chi connectivity index (χ0n) is 15.8. The monoisotopic (exact) mass is 401 g/mol. The van der Waals surface area contributed by atoms with Crippen molar-refractivity contribution in [2.24, 2.45) is 5.10 Å². The summed E-state index contributed by atoms with van der Waals surface area (Å²) < 4.78 is 30.9. The van der Waals surface area contributed by atoms with Crippen LogP contribution in [0.15, 0.2) is 72.4 Å². The van der Waals surface area contributed by atoms with Gasteiger partial charge in [0.25, 0.3) is 5.91 Å². The zero-order chi connectivity index (χ0) is 20.6. The molecule has 1 N–H and O–H groups in total. The van der Waals surface area contributed by atoms with E-state index in [4.69, 9.17) is 4.74 Å². The van der Waals surface area contributed by atoms with Crippen molar-refractivity contribution < 1.29 is 17.9 Å². The van der Waals surface area contributed by atoms with Gasteiger partial charge in [0, 0.05) is 0 Å². The van der Waals surface area contributed by atoms with E-state index in [9.17, 15) is 13.2 Å². The average Bonchev–Trinajstić information content (AvgIpc) is 2.66. The number of carbonyl (C=O) groups excluding carboxylic acids is 1. The molecule has 0 saturated heterocycles. The summed E-state index contributed by atoms with van der Waals surface area (Å²) in [4.78, 5) is 12.4. The van der Waals surface area contributed by atoms with Crippen molar-refractivity contribution in [2.75, 3.05) is 17.2 Å². The molecule has 0 saturated carbocycles. The van der Waals surface area contributed by atoms with Gasteiger partial charge in [-0.3, -0.25) is 9.10 Å². The van der Waals surface area contributed by atoms with Gasteiger partial charge in [-0.05, 0) is 36.8 Å². The lowest BCUT2D eigenvalue weighted by molar-refractivity contribution is -0.121. The van der Waals surface area contributed by atoms with Gasteiger partial charge in [-0.1, -0.05) is 43.0 Å². The summed E-state index contributed by atoms with van der Waals surface area (Å²) in [6.07, 6.45) is 4.16. The number of hydrogen-bond donors (Lipinski definition) is 1. The average molecular weight is 401 g/mol. The number of anilines is 1.